The molecule has 4 aliphatic rings. The maximum absolute atomic E-state index is 10.8. The zero-order valence-electron chi connectivity index (χ0n) is 10.0. The van der Waals surface area contributed by atoms with Crippen molar-refractivity contribution in [2.45, 2.75) is 43.9 Å². The fourth-order valence-corrected chi connectivity index (χ4v) is 5.11. The van der Waals surface area contributed by atoms with Crippen LogP contribution in [0.25, 0.3) is 0 Å². The van der Waals surface area contributed by atoms with Gasteiger partial charge in [-0.25, -0.2) is 0 Å². The molecule has 17 heavy (non-hydrogen) atoms. The van der Waals surface area contributed by atoms with Crippen LogP contribution in [0, 0.1) is 17.8 Å². The molecule has 0 aliphatic heterocycles. The molecule has 4 fully saturated rings. The molecule has 4 saturated carbocycles. The first kappa shape index (κ1) is 9.93. The first-order valence-electron chi connectivity index (χ1n) is 6.83. The summed E-state index contributed by atoms with van der Waals surface area (Å²) in [7, 11) is 0. The molecule has 0 amide bonds. The van der Waals surface area contributed by atoms with Gasteiger partial charge in [0.05, 0.1) is 0 Å². The summed E-state index contributed by atoms with van der Waals surface area (Å²) in [6.45, 7) is 0. The third kappa shape index (κ3) is 1.36. The van der Waals surface area contributed by atoms with Gasteiger partial charge >= 0.3 is 0 Å². The van der Waals surface area contributed by atoms with Crippen LogP contribution in [0.3, 0.4) is 0 Å². The Hall–Kier alpha value is -1.05. The summed E-state index contributed by atoms with van der Waals surface area (Å²) in [6.07, 6.45) is 9.05. The van der Waals surface area contributed by atoms with Crippen LogP contribution in [0.15, 0.2) is 16.5 Å². The zero-order chi connectivity index (χ0) is 11.5. The Morgan fingerprint density at radius 3 is 2.12 bits per heavy atom. The van der Waals surface area contributed by atoms with Gasteiger partial charge in [0.1, 0.15) is 5.76 Å². The second-order valence-electron chi connectivity index (χ2n) is 6.52. The standard InChI is InChI=1S/C15H18O2/c16-9-13-1-2-14(17-13)15-6-10-3-11(7-15)5-12(4-10)8-15/h1-2,9-12H,3-8H2. The summed E-state index contributed by atoms with van der Waals surface area (Å²) in [5.74, 6) is 4.36. The molecule has 0 unspecified atom stereocenters. The molecular weight excluding hydrogens is 212 g/mol. The van der Waals surface area contributed by atoms with Gasteiger partial charge in [-0.2, -0.15) is 0 Å². The molecule has 4 aliphatic carbocycles. The predicted molar refractivity (Wildman–Crippen MR) is 63.9 cm³/mol. The van der Waals surface area contributed by atoms with Crippen molar-refractivity contribution in [2.75, 3.05) is 0 Å². The fraction of sp³-hybridized carbons (Fsp3) is 0.667. The van der Waals surface area contributed by atoms with E-state index >= 15 is 0 Å². The van der Waals surface area contributed by atoms with E-state index in [2.05, 4.69) is 6.07 Å². The van der Waals surface area contributed by atoms with Crippen molar-refractivity contribution < 1.29 is 9.21 Å². The van der Waals surface area contributed by atoms with E-state index in [1.165, 1.54) is 38.5 Å². The largest absolute Gasteiger partial charge is 0.458 e. The van der Waals surface area contributed by atoms with Crippen molar-refractivity contribution in [2.24, 2.45) is 17.8 Å². The average Bonchev–Trinajstić information content (AvgIpc) is 2.76. The molecule has 90 valence electrons. The molecule has 0 saturated heterocycles. The third-order valence-corrected chi connectivity index (χ3v) is 5.30. The van der Waals surface area contributed by atoms with E-state index in [9.17, 15) is 4.79 Å². The van der Waals surface area contributed by atoms with Crippen molar-refractivity contribution in [1.29, 1.82) is 0 Å². The average molecular weight is 230 g/mol. The van der Waals surface area contributed by atoms with Crippen molar-refractivity contribution in [1.82, 2.24) is 0 Å². The molecule has 0 N–H and O–H groups in total. The maximum atomic E-state index is 10.8. The SMILES string of the molecule is O=Cc1ccc(C23CC4CC(CC(C4)C2)C3)o1. The Morgan fingerprint density at radius 2 is 1.65 bits per heavy atom. The lowest BCUT2D eigenvalue weighted by Gasteiger charge is -2.55. The topological polar surface area (TPSA) is 30.2 Å². The molecule has 0 atom stereocenters. The third-order valence-electron chi connectivity index (χ3n) is 5.30. The van der Waals surface area contributed by atoms with Crippen molar-refractivity contribution >= 4 is 6.29 Å². The number of hydrogen-bond donors (Lipinski definition) is 0. The molecule has 1 heterocycles. The minimum Gasteiger partial charge on any atom is -0.458 e. The molecule has 4 bridgehead atoms. The summed E-state index contributed by atoms with van der Waals surface area (Å²) in [5.41, 5.74) is 0.288. The van der Waals surface area contributed by atoms with E-state index in [4.69, 9.17) is 4.42 Å². The lowest BCUT2D eigenvalue weighted by atomic mass is 9.49. The number of carbonyl (C=O) groups is 1. The Labute approximate surface area is 101 Å². The van der Waals surface area contributed by atoms with Crippen molar-refractivity contribution in [3.63, 3.8) is 0 Å². The van der Waals surface area contributed by atoms with Crippen LogP contribution in [-0.4, -0.2) is 6.29 Å². The molecule has 1 aromatic rings. The van der Waals surface area contributed by atoms with E-state index in [1.54, 1.807) is 0 Å². The van der Waals surface area contributed by atoms with Crippen LogP contribution in [0.5, 0.6) is 0 Å². The fourth-order valence-electron chi connectivity index (χ4n) is 5.11. The van der Waals surface area contributed by atoms with Gasteiger partial charge in [-0.15, -0.1) is 0 Å². The maximum Gasteiger partial charge on any atom is 0.185 e. The number of rotatable bonds is 2. The predicted octanol–water partition coefficient (Wildman–Crippen LogP) is 3.56. The summed E-state index contributed by atoms with van der Waals surface area (Å²) in [5, 5.41) is 0. The van der Waals surface area contributed by atoms with Gasteiger partial charge in [0.25, 0.3) is 0 Å². The van der Waals surface area contributed by atoms with Gasteiger partial charge in [0.15, 0.2) is 12.0 Å². The first-order chi connectivity index (χ1) is 8.27. The lowest BCUT2D eigenvalue weighted by Crippen LogP contribution is -2.48. The van der Waals surface area contributed by atoms with Crippen LogP contribution >= 0.6 is 0 Å². The first-order valence-corrected chi connectivity index (χ1v) is 6.83. The van der Waals surface area contributed by atoms with Crippen LogP contribution in [0.1, 0.15) is 54.8 Å². The normalized spacial score (nSPS) is 42.9. The monoisotopic (exact) mass is 230 g/mol. The minimum atomic E-state index is 0.288. The van der Waals surface area contributed by atoms with E-state index in [0.29, 0.717) is 5.76 Å². The Balaban J connectivity index is 1.74. The van der Waals surface area contributed by atoms with Gasteiger partial charge in [-0.1, -0.05) is 0 Å². The van der Waals surface area contributed by atoms with Crippen LogP contribution < -0.4 is 0 Å². The quantitative estimate of drug-likeness (QED) is 0.727. The summed E-state index contributed by atoms with van der Waals surface area (Å²) >= 11 is 0. The summed E-state index contributed by atoms with van der Waals surface area (Å²) < 4.78 is 5.75. The van der Waals surface area contributed by atoms with E-state index in [0.717, 1.165) is 29.8 Å². The molecule has 2 nitrogen and oxygen atoms in total. The molecule has 0 spiro atoms. The molecule has 0 radical (unpaired) electrons. The number of furan rings is 1. The second-order valence-corrected chi connectivity index (χ2v) is 6.52. The zero-order valence-corrected chi connectivity index (χ0v) is 10.0. The summed E-state index contributed by atoms with van der Waals surface area (Å²) in [4.78, 5) is 10.8. The number of aldehydes is 1. The van der Waals surface area contributed by atoms with Gasteiger partial charge in [-0.3, -0.25) is 4.79 Å². The Bertz CT molecular complexity index is 422. The number of hydrogen-bond acceptors (Lipinski definition) is 2. The highest BCUT2D eigenvalue weighted by Crippen LogP contribution is 2.60. The summed E-state index contributed by atoms with van der Waals surface area (Å²) in [6, 6.07) is 3.89. The molecule has 0 aromatic carbocycles. The second kappa shape index (κ2) is 3.24. The molecule has 1 aromatic heterocycles. The van der Waals surface area contributed by atoms with Crippen LogP contribution in [0.2, 0.25) is 0 Å². The molecular formula is C15H18O2. The molecule has 5 rings (SSSR count). The Morgan fingerprint density at radius 1 is 1.06 bits per heavy atom. The van der Waals surface area contributed by atoms with Crippen LogP contribution in [-0.2, 0) is 5.41 Å². The van der Waals surface area contributed by atoms with E-state index < -0.39 is 0 Å². The van der Waals surface area contributed by atoms with Crippen molar-refractivity contribution in [3.05, 3.63) is 23.7 Å². The van der Waals surface area contributed by atoms with Gasteiger partial charge < -0.3 is 4.42 Å². The highest BCUT2D eigenvalue weighted by Gasteiger charge is 2.53. The van der Waals surface area contributed by atoms with Gasteiger partial charge in [0, 0.05) is 5.41 Å². The highest BCUT2D eigenvalue weighted by atomic mass is 16.3. The van der Waals surface area contributed by atoms with E-state index in [1.807, 2.05) is 6.07 Å². The minimum absolute atomic E-state index is 0.288. The van der Waals surface area contributed by atoms with Crippen LogP contribution in [0.4, 0.5) is 0 Å². The number of carbonyl (C=O) groups excluding carboxylic acids is 1. The van der Waals surface area contributed by atoms with E-state index in [-0.39, 0.29) is 5.41 Å². The highest BCUT2D eigenvalue weighted by molar-refractivity contribution is 5.70. The smallest absolute Gasteiger partial charge is 0.185 e. The van der Waals surface area contributed by atoms with Crippen molar-refractivity contribution in [3.8, 4) is 0 Å². The Kier molecular flexibility index (Phi) is 1.89. The van der Waals surface area contributed by atoms with Gasteiger partial charge in [-0.05, 0) is 68.4 Å². The molecule has 2 heteroatoms. The van der Waals surface area contributed by atoms with Gasteiger partial charge in [0.2, 0.25) is 0 Å². The lowest BCUT2D eigenvalue weighted by molar-refractivity contribution is -0.0153.